The molecule has 0 saturated carbocycles. The monoisotopic (exact) mass is 331 g/mol. The zero-order valence-electron chi connectivity index (χ0n) is 13.4. The molecule has 1 atom stereocenters. The van der Waals surface area contributed by atoms with Crippen molar-refractivity contribution in [2.75, 3.05) is 23.3 Å². The summed E-state index contributed by atoms with van der Waals surface area (Å²) in [6, 6.07) is 3.36. The summed E-state index contributed by atoms with van der Waals surface area (Å²) < 4.78 is 0. The van der Waals surface area contributed by atoms with Crippen LogP contribution in [0.3, 0.4) is 0 Å². The van der Waals surface area contributed by atoms with Crippen LogP contribution in [0.1, 0.15) is 35.7 Å². The number of rotatable bonds is 4. The Kier molecular flexibility index (Phi) is 4.76. The number of carbonyl (C=O) groups excluding carboxylic acids is 1. The van der Waals surface area contributed by atoms with Crippen molar-refractivity contribution in [3.63, 3.8) is 0 Å². The fourth-order valence-electron chi connectivity index (χ4n) is 2.66. The van der Waals surface area contributed by atoms with E-state index in [9.17, 15) is 4.79 Å². The number of aryl methyl sites for hydroxylation is 1. The fourth-order valence-corrected chi connectivity index (χ4v) is 3.44. The molecule has 7 heteroatoms. The Morgan fingerprint density at radius 1 is 1.35 bits per heavy atom. The van der Waals surface area contributed by atoms with Crippen molar-refractivity contribution in [3.8, 4) is 0 Å². The molecule has 23 heavy (non-hydrogen) atoms. The normalized spacial score (nSPS) is 15.5. The Balaban J connectivity index is 1.66. The van der Waals surface area contributed by atoms with Gasteiger partial charge in [-0.1, -0.05) is 0 Å². The van der Waals surface area contributed by atoms with Crippen LogP contribution in [0.2, 0.25) is 0 Å². The Morgan fingerprint density at radius 3 is 2.83 bits per heavy atom. The molecule has 1 fully saturated rings. The molecular formula is C16H21N5OS. The first-order valence-electron chi connectivity index (χ1n) is 7.83. The molecule has 0 radical (unpaired) electrons. The van der Waals surface area contributed by atoms with Crippen LogP contribution in [-0.4, -0.2) is 29.1 Å². The van der Waals surface area contributed by atoms with Gasteiger partial charge < -0.3 is 15.5 Å². The van der Waals surface area contributed by atoms with Gasteiger partial charge >= 0.3 is 6.03 Å². The predicted octanol–water partition coefficient (Wildman–Crippen LogP) is 3.33. The molecule has 2 amide bonds. The summed E-state index contributed by atoms with van der Waals surface area (Å²) in [4.78, 5) is 24.4. The molecule has 6 nitrogen and oxygen atoms in total. The minimum absolute atomic E-state index is 0.124. The molecule has 0 aromatic carbocycles. The third-order valence-corrected chi connectivity index (χ3v) is 4.89. The van der Waals surface area contributed by atoms with E-state index in [2.05, 4.69) is 25.5 Å². The summed E-state index contributed by atoms with van der Waals surface area (Å²) in [6.07, 6.45) is 5.92. The first-order chi connectivity index (χ1) is 11.1. The number of urea groups is 1. The number of hydrogen-bond acceptors (Lipinski definition) is 5. The minimum atomic E-state index is -0.237. The van der Waals surface area contributed by atoms with Gasteiger partial charge in [0.1, 0.15) is 5.01 Å². The van der Waals surface area contributed by atoms with E-state index in [0.717, 1.165) is 34.5 Å². The van der Waals surface area contributed by atoms with Crippen molar-refractivity contribution in [2.24, 2.45) is 0 Å². The third kappa shape index (κ3) is 3.79. The van der Waals surface area contributed by atoms with Gasteiger partial charge in [-0.25, -0.2) is 14.8 Å². The van der Waals surface area contributed by atoms with E-state index in [1.54, 1.807) is 17.5 Å². The highest BCUT2D eigenvalue weighted by molar-refractivity contribution is 7.11. The number of nitrogens with one attached hydrogen (secondary N) is 2. The van der Waals surface area contributed by atoms with Gasteiger partial charge in [0.15, 0.2) is 5.82 Å². The van der Waals surface area contributed by atoms with Crippen LogP contribution in [0, 0.1) is 6.92 Å². The Labute approximate surface area is 140 Å². The van der Waals surface area contributed by atoms with Crippen LogP contribution in [0.15, 0.2) is 24.5 Å². The largest absolute Gasteiger partial charge is 0.355 e. The topological polar surface area (TPSA) is 70.1 Å². The molecule has 0 spiro atoms. The lowest BCUT2D eigenvalue weighted by Gasteiger charge is -2.20. The maximum atomic E-state index is 12.3. The molecular weight excluding hydrogens is 310 g/mol. The number of aromatic nitrogens is 2. The summed E-state index contributed by atoms with van der Waals surface area (Å²) in [5, 5.41) is 6.75. The van der Waals surface area contributed by atoms with Crippen molar-refractivity contribution in [1.82, 2.24) is 15.3 Å². The Bertz CT molecular complexity index is 681. The van der Waals surface area contributed by atoms with E-state index in [-0.39, 0.29) is 12.1 Å². The van der Waals surface area contributed by atoms with Gasteiger partial charge in [0.05, 0.1) is 11.7 Å². The summed E-state index contributed by atoms with van der Waals surface area (Å²) in [7, 11) is 0. The van der Waals surface area contributed by atoms with Crippen molar-refractivity contribution in [2.45, 2.75) is 32.7 Å². The van der Waals surface area contributed by atoms with E-state index in [0.29, 0.717) is 0 Å². The lowest BCUT2D eigenvalue weighted by atomic mass is 10.3. The molecule has 2 N–H and O–H groups in total. The van der Waals surface area contributed by atoms with E-state index >= 15 is 0 Å². The quantitative estimate of drug-likeness (QED) is 0.901. The second-order valence-electron chi connectivity index (χ2n) is 5.70. The summed E-state index contributed by atoms with van der Waals surface area (Å²) in [6.45, 7) is 5.92. The van der Waals surface area contributed by atoms with Crippen LogP contribution in [-0.2, 0) is 0 Å². The van der Waals surface area contributed by atoms with Gasteiger partial charge in [-0.3, -0.25) is 0 Å². The second kappa shape index (κ2) is 6.95. The molecule has 1 saturated heterocycles. The summed E-state index contributed by atoms with van der Waals surface area (Å²) >= 11 is 1.59. The van der Waals surface area contributed by atoms with Gasteiger partial charge in [0.25, 0.3) is 0 Å². The van der Waals surface area contributed by atoms with Crippen LogP contribution < -0.4 is 15.5 Å². The highest BCUT2D eigenvalue weighted by atomic mass is 32.1. The van der Waals surface area contributed by atoms with Gasteiger partial charge in [-0.15, -0.1) is 11.3 Å². The van der Waals surface area contributed by atoms with Gasteiger partial charge in [-0.05, 0) is 38.8 Å². The van der Waals surface area contributed by atoms with Gasteiger partial charge in [-0.2, -0.15) is 0 Å². The molecule has 0 aliphatic carbocycles. The smallest absolute Gasteiger partial charge is 0.319 e. The van der Waals surface area contributed by atoms with Crippen LogP contribution in [0.4, 0.5) is 16.3 Å². The summed E-state index contributed by atoms with van der Waals surface area (Å²) in [5.74, 6) is 0.845. The highest BCUT2D eigenvalue weighted by Gasteiger charge is 2.19. The highest BCUT2D eigenvalue weighted by Crippen LogP contribution is 2.26. The number of hydrogen-bond donors (Lipinski definition) is 2. The summed E-state index contributed by atoms with van der Waals surface area (Å²) in [5.41, 5.74) is 0.745. The van der Waals surface area contributed by atoms with Crippen LogP contribution in [0.25, 0.3) is 0 Å². The number of amides is 2. The number of pyridine rings is 1. The lowest BCUT2D eigenvalue weighted by molar-refractivity contribution is 0.249. The zero-order chi connectivity index (χ0) is 16.2. The van der Waals surface area contributed by atoms with E-state index in [1.165, 1.54) is 12.8 Å². The third-order valence-electron chi connectivity index (χ3n) is 3.80. The lowest BCUT2D eigenvalue weighted by Crippen LogP contribution is -2.32. The number of carbonyl (C=O) groups is 1. The maximum Gasteiger partial charge on any atom is 0.319 e. The van der Waals surface area contributed by atoms with Crippen molar-refractivity contribution < 1.29 is 4.79 Å². The predicted molar refractivity (Wildman–Crippen MR) is 93.1 cm³/mol. The number of thiazole rings is 1. The maximum absolute atomic E-state index is 12.3. The van der Waals surface area contributed by atoms with Crippen molar-refractivity contribution in [1.29, 1.82) is 0 Å². The average molecular weight is 331 g/mol. The minimum Gasteiger partial charge on any atom is -0.355 e. The first kappa shape index (κ1) is 15.7. The molecule has 2 aromatic rings. The van der Waals surface area contributed by atoms with E-state index in [1.807, 2.05) is 32.2 Å². The Morgan fingerprint density at radius 2 is 2.13 bits per heavy atom. The van der Waals surface area contributed by atoms with Crippen LogP contribution >= 0.6 is 11.3 Å². The number of nitrogens with zero attached hydrogens (tertiary/aromatic N) is 3. The van der Waals surface area contributed by atoms with Crippen LogP contribution in [0.5, 0.6) is 0 Å². The Hall–Kier alpha value is -2.15. The van der Waals surface area contributed by atoms with Gasteiger partial charge in [0.2, 0.25) is 0 Å². The molecule has 1 aliphatic heterocycles. The fraction of sp³-hybridized carbons (Fsp3) is 0.438. The van der Waals surface area contributed by atoms with E-state index < -0.39 is 0 Å². The molecule has 3 heterocycles. The molecule has 0 unspecified atom stereocenters. The number of anilines is 2. The second-order valence-corrected chi connectivity index (χ2v) is 6.96. The zero-order valence-corrected chi connectivity index (χ0v) is 14.2. The first-order valence-corrected chi connectivity index (χ1v) is 8.65. The molecule has 1 aliphatic rings. The van der Waals surface area contributed by atoms with E-state index in [4.69, 9.17) is 0 Å². The SMILES string of the molecule is Cc1cnc([C@@H](C)NC(=O)Nc2cccnc2N2CCCC2)s1. The standard InChI is InChI=1S/C16H21N5OS/c1-11-10-18-15(23-11)12(2)19-16(22)20-13-6-5-7-17-14(13)21-8-3-4-9-21/h5-7,10,12H,3-4,8-9H2,1-2H3,(H2,19,20,22)/t12-/m1/s1. The molecule has 0 bridgehead atoms. The molecule has 3 rings (SSSR count). The molecule has 122 valence electrons. The van der Waals surface area contributed by atoms with Crippen molar-refractivity contribution in [3.05, 3.63) is 34.4 Å². The molecule has 2 aromatic heterocycles. The van der Waals surface area contributed by atoms with Crippen molar-refractivity contribution >= 4 is 28.9 Å². The average Bonchev–Trinajstić information content (AvgIpc) is 3.19. The van der Waals surface area contributed by atoms with Gasteiger partial charge in [0, 0.05) is 30.4 Å².